The Bertz CT molecular complexity index is 238. The van der Waals surface area contributed by atoms with Gasteiger partial charge in [0.05, 0.1) is 0 Å². The maximum absolute atomic E-state index is 12.1. The predicted molar refractivity (Wildman–Crippen MR) is 68.9 cm³/mol. The lowest BCUT2D eigenvalue weighted by Crippen LogP contribution is -2.49. The number of nitrogens with zero attached hydrogens (tertiary/aromatic N) is 2. The fourth-order valence-electron chi connectivity index (χ4n) is 2.49. The van der Waals surface area contributed by atoms with Gasteiger partial charge < -0.3 is 14.9 Å². The van der Waals surface area contributed by atoms with Gasteiger partial charge in [-0.2, -0.15) is 0 Å². The fourth-order valence-corrected chi connectivity index (χ4v) is 2.49. The van der Waals surface area contributed by atoms with Crippen molar-refractivity contribution in [1.29, 1.82) is 0 Å². The van der Waals surface area contributed by atoms with Crippen molar-refractivity contribution in [2.45, 2.75) is 40.0 Å². The summed E-state index contributed by atoms with van der Waals surface area (Å²) < 4.78 is 0. The predicted octanol–water partition coefficient (Wildman–Crippen LogP) is 1.93. The molecule has 1 fully saturated rings. The molecule has 0 aromatic heterocycles. The quantitative estimate of drug-likeness (QED) is 0.818. The Kier molecular flexibility index (Phi) is 5.25. The third-order valence-corrected chi connectivity index (χ3v) is 4.21. The molecule has 0 aromatic rings. The molecular weight excluding hydrogens is 216 g/mol. The number of carbonyl (C=O) groups is 1. The molecule has 0 atom stereocenters. The molecule has 17 heavy (non-hydrogen) atoms. The topological polar surface area (TPSA) is 43.8 Å². The average molecular weight is 242 g/mol. The summed E-state index contributed by atoms with van der Waals surface area (Å²) in [4.78, 5) is 15.9. The van der Waals surface area contributed by atoms with Crippen LogP contribution in [-0.4, -0.2) is 53.7 Å². The number of aliphatic hydroxyl groups excluding tert-OH is 1. The normalized spacial score (nSPS) is 19.2. The second kappa shape index (κ2) is 6.24. The second-order valence-electron chi connectivity index (χ2n) is 4.95. The van der Waals surface area contributed by atoms with Crippen LogP contribution >= 0.6 is 0 Å². The molecule has 1 aliphatic rings. The molecule has 2 amide bonds. The Hall–Kier alpha value is -0.770. The van der Waals surface area contributed by atoms with Gasteiger partial charge in [0.2, 0.25) is 0 Å². The van der Waals surface area contributed by atoms with Crippen molar-refractivity contribution < 1.29 is 9.90 Å². The van der Waals surface area contributed by atoms with Gasteiger partial charge in [-0.1, -0.05) is 6.92 Å². The minimum Gasteiger partial charge on any atom is -0.396 e. The van der Waals surface area contributed by atoms with Crippen LogP contribution in [0.1, 0.15) is 40.0 Å². The SMILES string of the molecule is CCN(CC)C(=O)N1CCC(CC)(CO)CC1. The van der Waals surface area contributed by atoms with Gasteiger partial charge in [-0.15, -0.1) is 0 Å². The average Bonchev–Trinajstić information content (AvgIpc) is 2.40. The zero-order valence-electron chi connectivity index (χ0n) is 11.4. The highest BCUT2D eigenvalue weighted by Gasteiger charge is 2.34. The maximum Gasteiger partial charge on any atom is 0.319 e. The van der Waals surface area contributed by atoms with E-state index in [9.17, 15) is 9.90 Å². The summed E-state index contributed by atoms with van der Waals surface area (Å²) in [7, 11) is 0. The van der Waals surface area contributed by atoms with Gasteiger partial charge in [0.15, 0.2) is 0 Å². The van der Waals surface area contributed by atoms with Gasteiger partial charge in [-0.05, 0) is 38.5 Å². The van der Waals surface area contributed by atoms with Gasteiger partial charge in [0.25, 0.3) is 0 Å². The van der Waals surface area contributed by atoms with Crippen molar-refractivity contribution in [3.05, 3.63) is 0 Å². The monoisotopic (exact) mass is 242 g/mol. The van der Waals surface area contributed by atoms with Gasteiger partial charge in [-0.25, -0.2) is 4.79 Å². The molecule has 0 aliphatic carbocycles. The molecule has 1 aliphatic heterocycles. The molecule has 4 nitrogen and oxygen atoms in total. The number of carbonyl (C=O) groups excluding carboxylic acids is 1. The summed E-state index contributed by atoms with van der Waals surface area (Å²) in [6.07, 6.45) is 2.84. The van der Waals surface area contributed by atoms with E-state index in [4.69, 9.17) is 0 Å². The molecule has 100 valence electrons. The molecule has 4 heteroatoms. The van der Waals surface area contributed by atoms with Crippen molar-refractivity contribution in [3.8, 4) is 0 Å². The molecule has 0 aromatic carbocycles. The van der Waals surface area contributed by atoms with E-state index in [1.807, 2.05) is 23.6 Å². The van der Waals surface area contributed by atoms with Crippen LogP contribution in [0.5, 0.6) is 0 Å². The number of rotatable bonds is 4. The maximum atomic E-state index is 12.1. The molecule has 0 spiro atoms. The molecule has 1 rings (SSSR count). The molecule has 0 saturated carbocycles. The number of hydrogen-bond acceptors (Lipinski definition) is 2. The highest BCUT2D eigenvalue weighted by Crippen LogP contribution is 2.34. The molecule has 1 saturated heterocycles. The van der Waals surface area contributed by atoms with E-state index in [-0.39, 0.29) is 18.1 Å². The van der Waals surface area contributed by atoms with Crippen LogP contribution in [0.3, 0.4) is 0 Å². The van der Waals surface area contributed by atoms with Crippen molar-refractivity contribution >= 4 is 6.03 Å². The van der Waals surface area contributed by atoms with Gasteiger partial charge in [0.1, 0.15) is 0 Å². The van der Waals surface area contributed by atoms with E-state index < -0.39 is 0 Å². The van der Waals surface area contributed by atoms with E-state index in [1.165, 1.54) is 0 Å². The minimum atomic E-state index is 0.0556. The lowest BCUT2D eigenvalue weighted by molar-refractivity contribution is 0.0454. The third kappa shape index (κ3) is 3.12. The Balaban J connectivity index is 2.54. The van der Waals surface area contributed by atoms with Crippen molar-refractivity contribution in [2.75, 3.05) is 32.8 Å². The Morgan fingerprint density at radius 2 is 1.76 bits per heavy atom. The van der Waals surface area contributed by atoms with E-state index >= 15 is 0 Å². The van der Waals surface area contributed by atoms with Crippen molar-refractivity contribution in [1.82, 2.24) is 9.80 Å². The standard InChI is InChI=1S/C13H26N2O2/c1-4-13(11-16)7-9-15(10-8-13)12(17)14(5-2)6-3/h16H,4-11H2,1-3H3. The van der Waals surface area contributed by atoms with Gasteiger partial charge in [0, 0.05) is 32.8 Å². The first kappa shape index (κ1) is 14.3. The molecule has 0 radical (unpaired) electrons. The van der Waals surface area contributed by atoms with Crippen LogP contribution in [0.2, 0.25) is 0 Å². The van der Waals surface area contributed by atoms with Crippen LogP contribution in [0, 0.1) is 5.41 Å². The Labute approximate surface area is 105 Å². The fraction of sp³-hybridized carbons (Fsp3) is 0.923. The van der Waals surface area contributed by atoms with Crippen LogP contribution in [0.4, 0.5) is 4.79 Å². The van der Waals surface area contributed by atoms with Crippen LogP contribution in [0.25, 0.3) is 0 Å². The highest BCUT2D eigenvalue weighted by molar-refractivity contribution is 5.74. The summed E-state index contributed by atoms with van der Waals surface area (Å²) in [6.45, 7) is 9.49. The second-order valence-corrected chi connectivity index (χ2v) is 4.95. The first-order valence-corrected chi connectivity index (χ1v) is 6.77. The Morgan fingerprint density at radius 1 is 1.24 bits per heavy atom. The van der Waals surface area contributed by atoms with Crippen LogP contribution in [0.15, 0.2) is 0 Å². The van der Waals surface area contributed by atoms with E-state index in [0.717, 1.165) is 45.4 Å². The summed E-state index contributed by atoms with van der Waals surface area (Å²) in [5.41, 5.74) is 0.0556. The number of hydrogen-bond donors (Lipinski definition) is 1. The Morgan fingerprint density at radius 3 is 2.12 bits per heavy atom. The van der Waals surface area contributed by atoms with Gasteiger partial charge >= 0.3 is 6.03 Å². The first-order chi connectivity index (χ1) is 8.12. The lowest BCUT2D eigenvalue weighted by atomic mass is 9.77. The molecule has 0 bridgehead atoms. The summed E-state index contributed by atoms with van der Waals surface area (Å²) >= 11 is 0. The van der Waals surface area contributed by atoms with Crippen molar-refractivity contribution in [2.24, 2.45) is 5.41 Å². The van der Waals surface area contributed by atoms with E-state index in [2.05, 4.69) is 6.92 Å². The van der Waals surface area contributed by atoms with E-state index in [0.29, 0.717) is 0 Å². The largest absolute Gasteiger partial charge is 0.396 e. The molecular formula is C13H26N2O2. The molecule has 1 heterocycles. The summed E-state index contributed by atoms with van der Waals surface area (Å²) in [5.74, 6) is 0. The smallest absolute Gasteiger partial charge is 0.319 e. The first-order valence-electron chi connectivity index (χ1n) is 6.77. The highest BCUT2D eigenvalue weighted by atomic mass is 16.3. The van der Waals surface area contributed by atoms with Crippen molar-refractivity contribution in [3.63, 3.8) is 0 Å². The zero-order chi connectivity index (χ0) is 12.9. The zero-order valence-corrected chi connectivity index (χ0v) is 11.4. The summed E-state index contributed by atoms with van der Waals surface area (Å²) in [6, 6.07) is 0.151. The van der Waals surface area contributed by atoms with Crippen LogP contribution < -0.4 is 0 Å². The number of piperidine rings is 1. The van der Waals surface area contributed by atoms with E-state index in [1.54, 1.807) is 0 Å². The minimum absolute atomic E-state index is 0.0556. The number of amides is 2. The number of urea groups is 1. The van der Waals surface area contributed by atoms with Gasteiger partial charge in [-0.3, -0.25) is 0 Å². The summed E-state index contributed by atoms with van der Waals surface area (Å²) in [5, 5.41) is 9.45. The molecule has 0 unspecified atom stereocenters. The van der Waals surface area contributed by atoms with Crippen LogP contribution in [-0.2, 0) is 0 Å². The number of aliphatic hydroxyl groups is 1. The third-order valence-electron chi connectivity index (χ3n) is 4.21. The number of likely N-dealkylation sites (tertiary alicyclic amines) is 1. The lowest BCUT2D eigenvalue weighted by Gasteiger charge is -2.41. The molecule has 1 N–H and O–H groups in total.